The lowest BCUT2D eigenvalue weighted by Gasteiger charge is -2.16. The van der Waals surface area contributed by atoms with E-state index in [-0.39, 0.29) is 12.0 Å². The van der Waals surface area contributed by atoms with E-state index < -0.39 is 0 Å². The Hall–Kier alpha value is -3.86. The normalized spacial score (nSPS) is 15.7. The molecule has 0 bridgehead atoms. The number of nitriles is 1. The van der Waals surface area contributed by atoms with E-state index in [4.69, 9.17) is 14.7 Å². The van der Waals surface area contributed by atoms with Gasteiger partial charge in [-0.2, -0.15) is 10.4 Å². The molecular weight excluding hydrogens is 370 g/mol. The number of ether oxygens (including phenoxy) is 2. The van der Waals surface area contributed by atoms with Gasteiger partial charge >= 0.3 is 0 Å². The van der Waals surface area contributed by atoms with Crippen molar-refractivity contribution in [2.75, 3.05) is 20.2 Å². The Balaban J connectivity index is 1.41. The second-order valence-corrected chi connectivity index (χ2v) is 6.67. The van der Waals surface area contributed by atoms with Crippen LogP contribution in [-0.4, -0.2) is 52.3 Å². The monoisotopic (exact) mass is 389 g/mol. The molecule has 1 aliphatic rings. The lowest BCUT2D eigenvalue weighted by molar-refractivity contribution is 0.0765. The zero-order valence-corrected chi connectivity index (χ0v) is 15.8. The molecule has 3 heterocycles. The number of amides is 1. The quantitative estimate of drug-likeness (QED) is 0.719. The van der Waals surface area contributed by atoms with E-state index in [1.165, 1.54) is 6.20 Å². The summed E-state index contributed by atoms with van der Waals surface area (Å²) < 4.78 is 11.1. The molecule has 2 aromatic heterocycles. The summed E-state index contributed by atoms with van der Waals surface area (Å²) in [4.78, 5) is 18.7. The SMILES string of the molecule is COc1cccc(-c2cc(C(=O)N3CCC(Oc4cc(C#N)ccn4)C3)[nH]n2)c1. The summed E-state index contributed by atoms with van der Waals surface area (Å²) in [6.07, 6.45) is 2.07. The van der Waals surface area contributed by atoms with Crippen molar-refractivity contribution >= 4 is 5.91 Å². The summed E-state index contributed by atoms with van der Waals surface area (Å²) in [5.41, 5.74) is 2.46. The predicted molar refractivity (Wildman–Crippen MR) is 104 cm³/mol. The number of pyridine rings is 1. The number of hydrogen-bond donors (Lipinski definition) is 1. The third-order valence-corrected chi connectivity index (χ3v) is 4.76. The van der Waals surface area contributed by atoms with Gasteiger partial charge < -0.3 is 14.4 Å². The fourth-order valence-electron chi connectivity index (χ4n) is 3.25. The van der Waals surface area contributed by atoms with Crippen molar-refractivity contribution in [1.29, 1.82) is 5.26 Å². The van der Waals surface area contributed by atoms with E-state index >= 15 is 0 Å². The van der Waals surface area contributed by atoms with Crippen LogP contribution >= 0.6 is 0 Å². The fourth-order valence-corrected chi connectivity index (χ4v) is 3.25. The van der Waals surface area contributed by atoms with Crippen molar-refractivity contribution in [3.63, 3.8) is 0 Å². The fraction of sp³-hybridized carbons (Fsp3) is 0.238. The molecule has 0 saturated carbocycles. The maximum Gasteiger partial charge on any atom is 0.272 e. The molecule has 3 aromatic rings. The number of aromatic nitrogens is 3. The highest BCUT2D eigenvalue weighted by molar-refractivity contribution is 5.93. The van der Waals surface area contributed by atoms with Gasteiger partial charge in [0.25, 0.3) is 5.91 Å². The van der Waals surface area contributed by atoms with Gasteiger partial charge in [-0.1, -0.05) is 12.1 Å². The highest BCUT2D eigenvalue weighted by Crippen LogP contribution is 2.24. The third kappa shape index (κ3) is 4.04. The molecule has 1 saturated heterocycles. The molecule has 0 aliphatic carbocycles. The topological polar surface area (TPSA) is 104 Å². The van der Waals surface area contributed by atoms with Crippen molar-refractivity contribution in [2.24, 2.45) is 0 Å². The average Bonchev–Trinajstić information content (AvgIpc) is 3.43. The molecule has 1 atom stereocenters. The summed E-state index contributed by atoms with van der Waals surface area (Å²) in [7, 11) is 1.61. The molecule has 8 nitrogen and oxygen atoms in total. The standard InChI is InChI=1S/C21H19N5O3/c1-28-16-4-2-3-15(10-16)18-11-19(25-24-18)21(27)26-8-6-17(13-26)29-20-9-14(12-22)5-7-23-20/h2-5,7,9-11,17H,6,8,13H2,1H3,(H,24,25). The van der Waals surface area contributed by atoms with E-state index in [2.05, 4.69) is 21.3 Å². The Morgan fingerprint density at radius 2 is 2.21 bits per heavy atom. The Morgan fingerprint density at radius 1 is 1.31 bits per heavy atom. The lowest BCUT2D eigenvalue weighted by atomic mass is 10.1. The van der Waals surface area contributed by atoms with E-state index in [0.717, 1.165) is 11.3 Å². The molecule has 1 fully saturated rings. The summed E-state index contributed by atoms with van der Waals surface area (Å²) in [6, 6.07) is 14.5. The van der Waals surface area contributed by atoms with Gasteiger partial charge in [0.05, 0.1) is 31.0 Å². The molecular formula is C21H19N5O3. The summed E-state index contributed by atoms with van der Waals surface area (Å²) in [5, 5.41) is 16.1. The predicted octanol–water partition coefficient (Wildman–Crippen LogP) is 2.65. The van der Waals surface area contributed by atoms with Gasteiger partial charge in [-0.15, -0.1) is 0 Å². The molecule has 1 unspecified atom stereocenters. The van der Waals surface area contributed by atoms with Crippen molar-refractivity contribution in [3.05, 3.63) is 59.9 Å². The highest BCUT2D eigenvalue weighted by Gasteiger charge is 2.29. The van der Waals surface area contributed by atoms with Crippen molar-refractivity contribution < 1.29 is 14.3 Å². The average molecular weight is 389 g/mol. The third-order valence-electron chi connectivity index (χ3n) is 4.76. The molecule has 0 spiro atoms. The first-order chi connectivity index (χ1) is 14.2. The van der Waals surface area contributed by atoms with E-state index in [1.54, 1.807) is 30.2 Å². The molecule has 4 rings (SSSR count). The number of likely N-dealkylation sites (tertiary alicyclic amines) is 1. The first-order valence-electron chi connectivity index (χ1n) is 9.18. The number of carbonyl (C=O) groups is 1. The minimum Gasteiger partial charge on any atom is -0.497 e. The number of H-pyrrole nitrogens is 1. The largest absolute Gasteiger partial charge is 0.497 e. The molecule has 29 heavy (non-hydrogen) atoms. The first kappa shape index (κ1) is 18.5. The van der Waals surface area contributed by atoms with Crippen LogP contribution in [-0.2, 0) is 0 Å². The van der Waals surface area contributed by atoms with Gasteiger partial charge in [-0.3, -0.25) is 9.89 Å². The smallest absolute Gasteiger partial charge is 0.272 e. The van der Waals surface area contributed by atoms with Crippen LogP contribution in [0.2, 0.25) is 0 Å². The molecule has 1 N–H and O–H groups in total. The maximum absolute atomic E-state index is 12.8. The van der Waals surface area contributed by atoms with Gasteiger partial charge in [0.2, 0.25) is 5.88 Å². The van der Waals surface area contributed by atoms with Crippen molar-refractivity contribution in [2.45, 2.75) is 12.5 Å². The van der Waals surface area contributed by atoms with Crippen LogP contribution in [0.3, 0.4) is 0 Å². The van der Waals surface area contributed by atoms with Gasteiger partial charge in [0.15, 0.2) is 0 Å². The number of hydrogen-bond acceptors (Lipinski definition) is 6. The minimum atomic E-state index is -0.166. The summed E-state index contributed by atoms with van der Waals surface area (Å²) in [6.45, 7) is 1.03. The van der Waals surface area contributed by atoms with Crippen LogP contribution in [0.15, 0.2) is 48.7 Å². The first-order valence-corrected chi connectivity index (χ1v) is 9.18. The summed E-state index contributed by atoms with van der Waals surface area (Å²) >= 11 is 0. The van der Waals surface area contributed by atoms with E-state index in [0.29, 0.717) is 42.3 Å². The zero-order valence-electron chi connectivity index (χ0n) is 15.8. The highest BCUT2D eigenvalue weighted by atomic mass is 16.5. The molecule has 1 aromatic carbocycles. The Kier molecular flexibility index (Phi) is 5.12. The van der Waals surface area contributed by atoms with Crippen LogP contribution in [0.1, 0.15) is 22.5 Å². The second kappa shape index (κ2) is 8.02. The number of aromatic amines is 1. The number of methoxy groups -OCH3 is 1. The molecule has 8 heteroatoms. The number of benzene rings is 1. The molecule has 1 amide bonds. The van der Waals surface area contributed by atoms with E-state index in [1.807, 2.05) is 24.3 Å². The van der Waals surface area contributed by atoms with Gasteiger partial charge in [0.1, 0.15) is 17.5 Å². The Labute approximate surface area is 167 Å². The minimum absolute atomic E-state index is 0.128. The molecule has 0 radical (unpaired) electrons. The second-order valence-electron chi connectivity index (χ2n) is 6.67. The maximum atomic E-state index is 12.8. The van der Waals surface area contributed by atoms with Crippen LogP contribution in [0.4, 0.5) is 0 Å². The van der Waals surface area contributed by atoms with Crippen LogP contribution in [0.25, 0.3) is 11.3 Å². The Bertz CT molecular complexity index is 1070. The molecule has 146 valence electrons. The summed E-state index contributed by atoms with van der Waals surface area (Å²) in [5.74, 6) is 0.994. The van der Waals surface area contributed by atoms with Crippen LogP contribution < -0.4 is 9.47 Å². The van der Waals surface area contributed by atoms with Crippen LogP contribution in [0, 0.1) is 11.3 Å². The number of nitrogens with one attached hydrogen (secondary N) is 1. The molecule has 1 aliphatic heterocycles. The zero-order chi connectivity index (χ0) is 20.2. The van der Waals surface area contributed by atoms with Crippen molar-refractivity contribution in [1.82, 2.24) is 20.1 Å². The van der Waals surface area contributed by atoms with E-state index in [9.17, 15) is 4.79 Å². The number of nitrogens with zero attached hydrogens (tertiary/aromatic N) is 4. The Morgan fingerprint density at radius 3 is 3.03 bits per heavy atom. The van der Waals surface area contributed by atoms with Gasteiger partial charge in [-0.25, -0.2) is 4.98 Å². The van der Waals surface area contributed by atoms with Gasteiger partial charge in [0, 0.05) is 30.8 Å². The van der Waals surface area contributed by atoms with Gasteiger partial charge in [-0.05, 0) is 24.3 Å². The lowest BCUT2D eigenvalue weighted by Crippen LogP contribution is -2.31. The van der Waals surface area contributed by atoms with Crippen molar-refractivity contribution in [3.8, 4) is 29.0 Å². The number of rotatable bonds is 5. The van der Waals surface area contributed by atoms with Crippen LogP contribution in [0.5, 0.6) is 11.6 Å². The number of carbonyl (C=O) groups excluding carboxylic acids is 1.